The van der Waals surface area contributed by atoms with Crippen LogP contribution in [0.1, 0.15) is 35.1 Å². The monoisotopic (exact) mass is 392 g/mol. The molecule has 0 fully saturated rings. The summed E-state index contributed by atoms with van der Waals surface area (Å²) < 4.78 is 7.02. The number of nitrogens with zero attached hydrogens (tertiary/aromatic N) is 3. The normalized spacial score (nSPS) is 13.0. The number of aryl methyl sites for hydroxylation is 1. The van der Waals surface area contributed by atoms with Gasteiger partial charge in [0.15, 0.2) is 11.5 Å². The molecule has 8 nitrogen and oxygen atoms in total. The molecule has 2 aromatic carbocycles. The average Bonchev–Trinajstić information content (AvgIpc) is 3.19. The largest absolute Gasteiger partial charge is 0.504 e. The van der Waals surface area contributed by atoms with Gasteiger partial charge in [-0.05, 0) is 55.3 Å². The van der Waals surface area contributed by atoms with Crippen molar-refractivity contribution in [1.82, 2.24) is 15.0 Å². The SMILES string of the molecule is CCOc1cc(/C=N/NC(=O)c2ccc3c(=O)n4c(nc3c2)CCC4)ccc1O. The summed E-state index contributed by atoms with van der Waals surface area (Å²) in [5.41, 5.74) is 3.94. The number of carbonyl (C=O) groups is 1. The second-order valence-corrected chi connectivity index (χ2v) is 6.68. The molecule has 2 N–H and O–H groups in total. The first-order valence-corrected chi connectivity index (χ1v) is 9.39. The van der Waals surface area contributed by atoms with Crippen molar-refractivity contribution in [3.63, 3.8) is 0 Å². The number of rotatable bonds is 5. The van der Waals surface area contributed by atoms with Gasteiger partial charge in [-0.3, -0.25) is 14.2 Å². The lowest BCUT2D eigenvalue weighted by Crippen LogP contribution is -2.22. The number of aromatic hydroxyl groups is 1. The standard InChI is InChI=1S/C21H20N4O4/c1-2-29-18-10-13(5-8-17(18)26)12-22-24-20(27)14-6-7-15-16(11-14)23-19-4-3-9-25(19)21(15)28/h5-8,10-12,26H,2-4,9H2,1H3,(H,24,27)/b22-12+. The number of nitrogens with one attached hydrogen (secondary N) is 1. The molecule has 0 spiro atoms. The van der Waals surface area contributed by atoms with Crippen molar-refractivity contribution in [3.8, 4) is 11.5 Å². The number of phenolic OH excluding ortho intramolecular Hbond substituents is 1. The topological polar surface area (TPSA) is 106 Å². The van der Waals surface area contributed by atoms with Crippen LogP contribution in [0.5, 0.6) is 11.5 Å². The number of hydrazone groups is 1. The number of benzene rings is 2. The molecule has 0 saturated carbocycles. The number of carbonyl (C=O) groups excluding carboxylic acids is 1. The lowest BCUT2D eigenvalue weighted by Gasteiger charge is -2.07. The Hall–Kier alpha value is -3.68. The van der Waals surface area contributed by atoms with E-state index in [-0.39, 0.29) is 11.3 Å². The van der Waals surface area contributed by atoms with Gasteiger partial charge in [-0.25, -0.2) is 10.4 Å². The number of hydrogen-bond donors (Lipinski definition) is 2. The minimum atomic E-state index is -0.408. The molecular weight excluding hydrogens is 372 g/mol. The Bertz CT molecular complexity index is 1180. The van der Waals surface area contributed by atoms with Crippen LogP contribution in [0.3, 0.4) is 0 Å². The molecule has 3 aromatic rings. The van der Waals surface area contributed by atoms with Gasteiger partial charge in [0.05, 0.1) is 23.7 Å². The van der Waals surface area contributed by atoms with Crippen molar-refractivity contribution in [2.75, 3.05) is 6.61 Å². The molecule has 1 aliphatic rings. The summed E-state index contributed by atoms with van der Waals surface area (Å²) in [4.78, 5) is 29.4. The van der Waals surface area contributed by atoms with Crippen molar-refractivity contribution >= 4 is 23.0 Å². The first-order chi connectivity index (χ1) is 14.1. The number of ether oxygens (including phenoxy) is 1. The molecule has 1 aromatic heterocycles. The van der Waals surface area contributed by atoms with Gasteiger partial charge in [-0.15, -0.1) is 0 Å². The highest BCUT2D eigenvalue weighted by Gasteiger charge is 2.17. The lowest BCUT2D eigenvalue weighted by molar-refractivity contribution is 0.0955. The molecule has 8 heteroatoms. The highest BCUT2D eigenvalue weighted by atomic mass is 16.5. The van der Waals surface area contributed by atoms with Crippen LogP contribution >= 0.6 is 0 Å². The van der Waals surface area contributed by atoms with Gasteiger partial charge < -0.3 is 9.84 Å². The second kappa shape index (κ2) is 7.75. The molecule has 29 heavy (non-hydrogen) atoms. The summed E-state index contributed by atoms with van der Waals surface area (Å²) in [7, 11) is 0. The maximum Gasteiger partial charge on any atom is 0.271 e. The molecule has 0 radical (unpaired) electrons. The Kier molecular flexibility index (Phi) is 4.99. The molecule has 0 unspecified atom stereocenters. The Morgan fingerprint density at radius 1 is 1.34 bits per heavy atom. The number of phenols is 1. The Morgan fingerprint density at radius 3 is 3.03 bits per heavy atom. The van der Waals surface area contributed by atoms with Gasteiger partial charge in [-0.2, -0.15) is 5.10 Å². The van der Waals surface area contributed by atoms with E-state index in [0.29, 0.717) is 40.9 Å². The van der Waals surface area contributed by atoms with Crippen LogP contribution in [0.2, 0.25) is 0 Å². The lowest BCUT2D eigenvalue weighted by atomic mass is 10.1. The molecule has 0 aliphatic carbocycles. The quantitative estimate of drug-likeness (QED) is 0.512. The van der Waals surface area contributed by atoms with Crippen molar-refractivity contribution in [3.05, 3.63) is 63.7 Å². The summed E-state index contributed by atoms with van der Waals surface area (Å²) in [6, 6.07) is 9.60. The summed E-state index contributed by atoms with van der Waals surface area (Å²) in [6.07, 6.45) is 3.13. The van der Waals surface area contributed by atoms with Crippen molar-refractivity contribution < 1.29 is 14.6 Å². The van der Waals surface area contributed by atoms with Crippen LogP contribution in [-0.2, 0) is 13.0 Å². The number of hydrogen-bond acceptors (Lipinski definition) is 6. The third-order valence-corrected chi connectivity index (χ3v) is 4.74. The molecule has 1 amide bonds. The Labute approximate surface area is 166 Å². The van der Waals surface area contributed by atoms with Crippen molar-refractivity contribution in [2.45, 2.75) is 26.3 Å². The number of fused-ring (bicyclic) bond motifs is 2. The smallest absolute Gasteiger partial charge is 0.271 e. The van der Waals surface area contributed by atoms with E-state index >= 15 is 0 Å². The third-order valence-electron chi connectivity index (χ3n) is 4.74. The highest BCUT2D eigenvalue weighted by molar-refractivity contribution is 5.98. The van der Waals surface area contributed by atoms with Gasteiger partial charge in [-0.1, -0.05) is 0 Å². The fourth-order valence-corrected chi connectivity index (χ4v) is 3.34. The summed E-state index contributed by atoms with van der Waals surface area (Å²) in [5, 5.41) is 14.2. The molecule has 2 heterocycles. The van der Waals surface area contributed by atoms with Gasteiger partial charge >= 0.3 is 0 Å². The minimum absolute atomic E-state index is 0.0408. The van der Waals surface area contributed by atoms with Gasteiger partial charge in [0.1, 0.15) is 5.82 Å². The van der Waals surface area contributed by atoms with Crippen LogP contribution in [0.4, 0.5) is 0 Å². The highest BCUT2D eigenvalue weighted by Crippen LogP contribution is 2.26. The molecule has 0 atom stereocenters. The fraction of sp³-hybridized carbons (Fsp3) is 0.238. The first-order valence-electron chi connectivity index (χ1n) is 9.39. The second-order valence-electron chi connectivity index (χ2n) is 6.68. The Balaban J connectivity index is 1.52. The van der Waals surface area contributed by atoms with Crippen molar-refractivity contribution in [2.24, 2.45) is 5.10 Å². The predicted molar refractivity (Wildman–Crippen MR) is 109 cm³/mol. The van der Waals surface area contributed by atoms with E-state index in [0.717, 1.165) is 18.7 Å². The van der Waals surface area contributed by atoms with Crippen LogP contribution in [0.15, 0.2) is 46.3 Å². The van der Waals surface area contributed by atoms with Gasteiger partial charge in [0.25, 0.3) is 11.5 Å². The molecule has 148 valence electrons. The zero-order chi connectivity index (χ0) is 20.4. The molecule has 1 aliphatic heterocycles. The van der Waals surface area contributed by atoms with E-state index in [9.17, 15) is 14.7 Å². The molecule has 4 rings (SSSR count). The zero-order valence-corrected chi connectivity index (χ0v) is 15.9. The van der Waals surface area contributed by atoms with E-state index in [1.807, 2.05) is 6.92 Å². The number of aromatic nitrogens is 2. The van der Waals surface area contributed by atoms with Gasteiger partial charge in [0.2, 0.25) is 0 Å². The van der Waals surface area contributed by atoms with Crippen LogP contribution in [0.25, 0.3) is 10.9 Å². The Morgan fingerprint density at radius 2 is 2.21 bits per heavy atom. The predicted octanol–water partition coefficient (Wildman–Crippen LogP) is 2.21. The first kappa shape index (κ1) is 18.7. The van der Waals surface area contributed by atoms with Crippen LogP contribution in [0, 0.1) is 0 Å². The molecule has 0 bridgehead atoms. The third kappa shape index (κ3) is 3.69. The zero-order valence-electron chi connectivity index (χ0n) is 15.9. The van der Waals surface area contributed by atoms with Crippen LogP contribution in [-0.4, -0.2) is 33.4 Å². The summed E-state index contributed by atoms with van der Waals surface area (Å²) in [5.74, 6) is 0.742. The van der Waals surface area contributed by atoms with Crippen LogP contribution < -0.4 is 15.7 Å². The van der Waals surface area contributed by atoms with E-state index < -0.39 is 5.91 Å². The van der Waals surface area contributed by atoms with Crippen molar-refractivity contribution in [1.29, 1.82) is 0 Å². The van der Waals surface area contributed by atoms with E-state index in [1.165, 1.54) is 12.3 Å². The fourth-order valence-electron chi connectivity index (χ4n) is 3.34. The summed E-state index contributed by atoms with van der Waals surface area (Å²) in [6.45, 7) is 2.94. The van der Waals surface area contributed by atoms with E-state index in [1.54, 1.807) is 34.9 Å². The van der Waals surface area contributed by atoms with E-state index in [2.05, 4.69) is 15.5 Å². The average molecular weight is 392 g/mol. The molecule has 0 saturated heterocycles. The summed E-state index contributed by atoms with van der Waals surface area (Å²) >= 11 is 0. The molecular formula is C21H20N4O4. The maximum atomic E-state index is 12.5. The van der Waals surface area contributed by atoms with Gasteiger partial charge in [0, 0.05) is 18.5 Å². The number of amides is 1. The van der Waals surface area contributed by atoms with E-state index in [4.69, 9.17) is 4.74 Å². The maximum absolute atomic E-state index is 12.5. The minimum Gasteiger partial charge on any atom is -0.504 e.